The first kappa shape index (κ1) is 11.9. The van der Waals surface area contributed by atoms with Gasteiger partial charge in [-0.05, 0) is 31.2 Å². The van der Waals surface area contributed by atoms with Crippen LogP contribution < -0.4 is 5.73 Å². The molecule has 90 valence electrons. The second-order valence-electron chi connectivity index (χ2n) is 5.11. The van der Waals surface area contributed by atoms with Gasteiger partial charge in [0.05, 0.1) is 5.69 Å². The highest BCUT2D eigenvalue weighted by Crippen LogP contribution is 2.27. The second-order valence-corrected chi connectivity index (χ2v) is 5.47. The maximum Gasteiger partial charge on any atom is 0.150 e. The maximum absolute atomic E-state index is 6.17. The van der Waals surface area contributed by atoms with Gasteiger partial charge >= 0.3 is 0 Å². The van der Waals surface area contributed by atoms with E-state index in [-0.39, 0.29) is 0 Å². The summed E-state index contributed by atoms with van der Waals surface area (Å²) in [5, 5.41) is 0.700. The van der Waals surface area contributed by atoms with Gasteiger partial charge in [0, 0.05) is 13.0 Å². The lowest BCUT2D eigenvalue weighted by molar-refractivity contribution is 0.367. The highest BCUT2D eigenvalue weighted by atomic mass is 35.5. The van der Waals surface area contributed by atoms with E-state index in [0.717, 1.165) is 38.2 Å². The molecule has 2 N–H and O–H groups in total. The van der Waals surface area contributed by atoms with Crippen molar-refractivity contribution in [2.24, 2.45) is 17.6 Å². The fraction of sp³-hybridized carbons (Fsp3) is 0.750. The molecule has 0 aliphatic carbocycles. The highest BCUT2D eigenvalue weighted by molar-refractivity contribution is 6.30. The van der Waals surface area contributed by atoms with Gasteiger partial charge in [0.2, 0.25) is 0 Å². The maximum atomic E-state index is 6.17. The van der Waals surface area contributed by atoms with E-state index >= 15 is 0 Å². The Morgan fingerprint density at radius 1 is 1.56 bits per heavy atom. The third-order valence-electron chi connectivity index (χ3n) is 3.26. The number of imidazole rings is 1. The lowest BCUT2D eigenvalue weighted by atomic mass is 9.98. The van der Waals surface area contributed by atoms with Gasteiger partial charge in [-0.1, -0.05) is 25.4 Å². The average Bonchev–Trinajstić information content (AvgIpc) is 2.54. The molecule has 4 heteroatoms. The zero-order chi connectivity index (χ0) is 11.7. The Hall–Kier alpha value is -0.540. The summed E-state index contributed by atoms with van der Waals surface area (Å²) in [6.45, 7) is 6.17. The van der Waals surface area contributed by atoms with Gasteiger partial charge in [-0.15, -0.1) is 0 Å². The van der Waals surface area contributed by atoms with E-state index in [2.05, 4.69) is 23.4 Å². The number of nitrogens with two attached hydrogens (primary N) is 1. The Balaban J connectivity index is 2.27. The van der Waals surface area contributed by atoms with E-state index in [1.807, 2.05) is 0 Å². The first-order valence-electron chi connectivity index (χ1n) is 6.05. The molecule has 0 bridgehead atoms. The molecule has 1 atom stereocenters. The zero-order valence-electron chi connectivity index (χ0n) is 10.0. The number of fused-ring (bicyclic) bond motifs is 1. The number of aromatic nitrogens is 2. The zero-order valence-corrected chi connectivity index (χ0v) is 10.8. The minimum Gasteiger partial charge on any atom is -0.330 e. The number of hydrogen-bond acceptors (Lipinski definition) is 2. The normalized spacial score (nSPS) is 20.2. The van der Waals surface area contributed by atoms with E-state index in [1.165, 1.54) is 5.69 Å². The van der Waals surface area contributed by atoms with E-state index in [9.17, 15) is 0 Å². The number of rotatable bonds is 3. The van der Waals surface area contributed by atoms with Crippen LogP contribution in [-0.2, 0) is 19.4 Å². The molecule has 16 heavy (non-hydrogen) atoms. The van der Waals surface area contributed by atoms with Crippen LogP contribution in [-0.4, -0.2) is 16.1 Å². The molecular formula is C12H20ClN3. The summed E-state index contributed by atoms with van der Waals surface area (Å²) in [6.07, 6.45) is 3.16. The minimum atomic E-state index is 0.587. The smallest absolute Gasteiger partial charge is 0.150 e. The van der Waals surface area contributed by atoms with Crippen LogP contribution >= 0.6 is 11.6 Å². The van der Waals surface area contributed by atoms with Crippen LogP contribution in [0.5, 0.6) is 0 Å². The molecule has 2 rings (SSSR count). The molecule has 1 aliphatic heterocycles. The van der Waals surface area contributed by atoms with Crippen molar-refractivity contribution in [3.8, 4) is 0 Å². The Labute approximate surface area is 102 Å². The monoisotopic (exact) mass is 241 g/mol. The summed E-state index contributed by atoms with van der Waals surface area (Å²) >= 11 is 6.17. The molecule has 0 spiro atoms. The van der Waals surface area contributed by atoms with Crippen molar-refractivity contribution < 1.29 is 0 Å². The topological polar surface area (TPSA) is 43.8 Å². The standard InChI is InChI=1S/C12H20ClN3/c1-8(2)5-11-15-12(13)10-4-3-9(6-14)7-16(10)11/h8-9H,3-7,14H2,1-2H3. The number of hydrogen-bond donors (Lipinski definition) is 1. The van der Waals surface area contributed by atoms with E-state index in [4.69, 9.17) is 17.3 Å². The van der Waals surface area contributed by atoms with Gasteiger partial charge in [-0.2, -0.15) is 0 Å². The Kier molecular flexibility index (Phi) is 3.55. The van der Waals surface area contributed by atoms with Gasteiger partial charge in [0.25, 0.3) is 0 Å². The fourth-order valence-electron chi connectivity index (χ4n) is 2.36. The van der Waals surface area contributed by atoms with Crippen molar-refractivity contribution in [3.05, 3.63) is 16.7 Å². The van der Waals surface area contributed by atoms with Crippen molar-refractivity contribution in [2.75, 3.05) is 6.54 Å². The Morgan fingerprint density at radius 3 is 2.94 bits per heavy atom. The average molecular weight is 242 g/mol. The number of nitrogens with zero attached hydrogens (tertiary/aromatic N) is 2. The van der Waals surface area contributed by atoms with Crippen molar-refractivity contribution in [1.82, 2.24) is 9.55 Å². The van der Waals surface area contributed by atoms with Gasteiger partial charge in [-0.25, -0.2) is 4.98 Å². The van der Waals surface area contributed by atoms with E-state index in [1.54, 1.807) is 0 Å². The van der Waals surface area contributed by atoms with Crippen molar-refractivity contribution >= 4 is 11.6 Å². The van der Waals surface area contributed by atoms with Crippen LogP contribution in [0.3, 0.4) is 0 Å². The molecule has 1 aromatic heterocycles. The van der Waals surface area contributed by atoms with Crippen molar-refractivity contribution in [3.63, 3.8) is 0 Å². The van der Waals surface area contributed by atoms with Crippen LogP contribution in [0, 0.1) is 11.8 Å². The van der Waals surface area contributed by atoms with Crippen LogP contribution in [0.25, 0.3) is 0 Å². The first-order valence-corrected chi connectivity index (χ1v) is 6.43. The molecule has 0 saturated carbocycles. The molecule has 1 aromatic rings. The predicted molar refractivity (Wildman–Crippen MR) is 66.6 cm³/mol. The highest BCUT2D eigenvalue weighted by Gasteiger charge is 2.23. The van der Waals surface area contributed by atoms with Crippen molar-refractivity contribution in [2.45, 2.75) is 39.7 Å². The van der Waals surface area contributed by atoms with Gasteiger partial charge in [-0.3, -0.25) is 0 Å². The summed E-state index contributed by atoms with van der Waals surface area (Å²) in [6, 6.07) is 0. The molecule has 1 unspecified atom stereocenters. The molecule has 2 heterocycles. The lowest BCUT2D eigenvalue weighted by Crippen LogP contribution is -2.27. The van der Waals surface area contributed by atoms with Gasteiger partial charge in [0.1, 0.15) is 5.82 Å². The van der Waals surface area contributed by atoms with Crippen LogP contribution in [0.2, 0.25) is 5.15 Å². The first-order chi connectivity index (χ1) is 7.61. The second kappa shape index (κ2) is 4.76. The molecule has 0 fully saturated rings. The molecule has 1 aliphatic rings. The molecular weight excluding hydrogens is 222 g/mol. The third-order valence-corrected chi connectivity index (χ3v) is 3.56. The van der Waals surface area contributed by atoms with Crippen molar-refractivity contribution in [1.29, 1.82) is 0 Å². The summed E-state index contributed by atoms with van der Waals surface area (Å²) in [5.74, 6) is 2.33. The minimum absolute atomic E-state index is 0.587. The predicted octanol–water partition coefficient (Wildman–Crippen LogP) is 2.26. The summed E-state index contributed by atoms with van der Waals surface area (Å²) in [5.41, 5.74) is 6.96. The molecule has 0 aromatic carbocycles. The molecule has 3 nitrogen and oxygen atoms in total. The van der Waals surface area contributed by atoms with Gasteiger partial charge < -0.3 is 10.3 Å². The Bertz CT molecular complexity index is 371. The van der Waals surface area contributed by atoms with Gasteiger partial charge in [0.15, 0.2) is 5.15 Å². The van der Waals surface area contributed by atoms with Crippen LogP contribution in [0.1, 0.15) is 31.8 Å². The largest absolute Gasteiger partial charge is 0.330 e. The third kappa shape index (κ3) is 2.25. The SMILES string of the molecule is CC(C)Cc1nc(Cl)c2n1CC(CN)CC2. The Morgan fingerprint density at radius 2 is 2.31 bits per heavy atom. The fourth-order valence-corrected chi connectivity index (χ4v) is 2.66. The van der Waals surface area contributed by atoms with E-state index < -0.39 is 0 Å². The van der Waals surface area contributed by atoms with Crippen LogP contribution in [0.15, 0.2) is 0 Å². The summed E-state index contributed by atoms with van der Waals surface area (Å²) in [7, 11) is 0. The van der Waals surface area contributed by atoms with E-state index in [0.29, 0.717) is 17.0 Å². The number of halogens is 1. The summed E-state index contributed by atoms with van der Waals surface area (Å²) < 4.78 is 2.30. The molecule has 0 amide bonds. The molecule has 0 radical (unpaired) electrons. The molecule has 0 saturated heterocycles. The quantitative estimate of drug-likeness (QED) is 0.882. The lowest BCUT2D eigenvalue weighted by Gasteiger charge is -2.24. The summed E-state index contributed by atoms with van der Waals surface area (Å²) in [4.78, 5) is 4.49. The van der Waals surface area contributed by atoms with Crippen LogP contribution in [0.4, 0.5) is 0 Å².